The van der Waals surface area contributed by atoms with Crippen molar-refractivity contribution in [2.24, 2.45) is 5.84 Å². The number of rotatable bonds is 5. The Bertz CT molecular complexity index is 555. The molecule has 0 saturated heterocycles. The normalized spacial score (nSPS) is 12.6. The maximum absolute atomic E-state index is 6.12. The van der Waals surface area contributed by atoms with Crippen LogP contribution in [-0.2, 0) is 6.54 Å². The fraction of sp³-hybridized carbons (Fsp3) is 0.308. The van der Waals surface area contributed by atoms with Gasteiger partial charge >= 0.3 is 0 Å². The Kier molecular flexibility index (Phi) is 4.99. The molecule has 2 aromatic rings. The molecule has 0 amide bonds. The number of hydrogen-bond donors (Lipinski definition) is 2. The second-order valence-corrected chi connectivity index (χ2v) is 5.57. The van der Waals surface area contributed by atoms with E-state index in [1.807, 2.05) is 35.3 Å². The van der Waals surface area contributed by atoms with Crippen molar-refractivity contribution in [1.82, 2.24) is 15.2 Å². The average molecular weight is 344 g/mol. The number of nitrogens with two attached hydrogens (primary N) is 1. The van der Waals surface area contributed by atoms with Gasteiger partial charge in [0.2, 0.25) is 0 Å². The molecule has 1 atom stereocenters. The Morgan fingerprint density at radius 3 is 2.89 bits per heavy atom. The molecule has 2 rings (SSSR count). The van der Waals surface area contributed by atoms with Gasteiger partial charge in [0.05, 0.1) is 17.3 Å². The molecule has 0 spiro atoms. The topological polar surface area (TPSA) is 55.9 Å². The largest absolute Gasteiger partial charge is 0.272 e. The molecule has 1 heterocycles. The molecule has 0 aliphatic carbocycles. The summed E-state index contributed by atoms with van der Waals surface area (Å²) in [4.78, 5) is 0. The molecule has 1 aromatic carbocycles. The predicted octanol–water partition coefficient (Wildman–Crippen LogP) is 3.26. The van der Waals surface area contributed by atoms with Crippen molar-refractivity contribution in [3.05, 3.63) is 51.2 Å². The minimum absolute atomic E-state index is 0.115. The molecule has 102 valence electrons. The minimum Gasteiger partial charge on any atom is -0.272 e. The molecule has 4 nitrogen and oxygen atoms in total. The maximum atomic E-state index is 6.12. The Balaban J connectivity index is 2.29. The van der Waals surface area contributed by atoms with Gasteiger partial charge in [-0.1, -0.05) is 24.6 Å². The monoisotopic (exact) mass is 342 g/mol. The summed E-state index contributed by atoms with van der Waals surface area (Å²) in [6.07, 6.45) is 4.88. The minimum atomic E-state index is -0.115. The lowest BCUT2D eigenvalue weighted by atomic mass is 10.0. The van der Waals surface area contributed by atoms with Crippen LogP contribution in [0, 0.1) is 0 Å². The van der Waals surface area contributed by atoms with Gasteiger partial charge in [0.25, 0.3) is 0 Å². The first-order valence-corrected chi connectivity index (χ1v) is 7.26. The third kappa shape index (κ3) is 3.36. The van der Waals surface area contributed by atoms with Gasteiger partial charge in [-0.3, -0.25) is 10.5 Å². The van der Waals surface area contributed by atoms with Crippen LogP contribution in [0.5, 0.6) is 0 Å². The first-order chi connectivity index (χ1) is 9.15. The summed E-state index contributed by atoms with van der Waals surface area (Å²) in [6.45, 7) is 3.02. The lowest BCUT2D eigenvalue weighted by Crippen LogP contribution is -2.28. The molecule has 0 bridgehead atoms. The molecule has 0 aliphatic heterocycles. The zero-order valence-corrected chi connectivity index (χ0v) is 12.9. The zero-order valence-electron chi connectivity index (χ0n) is 10.6. The molecule has 0 radical (unpaired) electrons. The Morgan fingerprint density at radius 2 is 2.26 bits per heavy atom. The molecule has 0 fully saturated rings. The summed E-state index contributed by atoms with van der Waals surface area (Å²) in [5, 5.41) is 4.98. The van der Waals surface area contributed by atoms with E-state index >= 15 is 0 Å². The van der Waals surface area contributed by atoms with E-state index in [1.54, 1.807) is 0 Å². The lowest BCUT2D eigenvalue weighted by Gasteiger charge is -2.15. The fourth-order valence-electron chi connectivity index (χ4n) is 1.96. The first kappa shape index (κ1) is 14.5. The van der Waals surface area contributed by atoms with Gasteiger partial charge < -0.3 is 0 Å². The van der Waals surface area contributed by atoms with Crippen LogP contribution < -0.4 is 11.3 Å². The molecular weight excluding hydrogens is 328 g/mol. The van der Waals surface area contributed by atoms with Gasteiger partial charge in [-0.25, -0.2) is 5.43 Å². The summed E-state index contributed by atoms with van der Waals surface area (Å²) >= 11 is 9.50. The van der Waals surface area contributed by atoms with Crippen LogP contribution in [-0.4, -0.2) is 9.78 Å². The van der Waals surface area contributed by atoms with Crippen LogP contribution in [0.3, 0.4) is 0 Å². The highest BCUT2D eigenvalue weighted by Crippen LogP contribution is 2.28. The Hall–Kier alpha value is -0.880. The first-order valence-electron chi connectivity index (χ1n) is 6.09. The van der Waals surface area contributed by atoms with Crippen molar-refractivity contribution in [3.8, 4) is 0 Å². The van der Waals surface area contributed by atoms with E-state index < -0.39 is 0 Å². The molecule has 1 aromatic heterocycles. The van der Waals surface area contributed by atoms with Crippen molar-refractivity contribution < 1.29 is 0 Å². The molecule has 1 unspecified atom stereocenters. The number of halogens is 2. The van der Waals surface area contributed by atoms with Crippen molar-refractivity contribution in [3.63, 3.8) is 0 Å². The number of nitrogens with zero attached hydrogens (tertiary/aromatic N) is 2. The van der Waals surface area contributed by atoms with Gasteiger partial charge in [0.1, 0.15) is 0 Å². The Labute approximate surface area is 126 Å². The second-order valence-electron chi connectivity index (χ2n) is 4.31. The summed E-state index contributed by atoms with van der Waals surface area (Å²) in [6, 6.07) is 5.68. The molecule has 0 aliphatic rings. The summed E-state index contributed by atoms with van der Waals surface area (Å²) in [5.41, 5.74) is 4.84. The van der Waals surface area contributed by atoms with E-state index in [0.29, 0.717) is 5.02 Å². The standard InChI is InChI=1S/C13H16BrClN4/c1-2-5-19-8-10(7-17-19)13(18-16)9-3-4-11(14)12(15)6-9/h3-4,6-8,13,18H,2,5,16H2,1H3. The number of nitrogens with one attached hydrogen (secondary N) is 1. The predicted molar refractivity (Wildman–Crippen MR) is 80.8 cm³/mol. The third-order valence-electron chi connectivity index (χ3n) is 2.88. The summed E-state index contributed by atoms with van der Waals surface area (Å²) in [5.74, 6) is 5.67. The van der Waals surface area contributed by atoms with Crippen molar-refractivity contribution in [2.45, 2.75) is 25.9 Å². The van der Waals surface area contributed by atoms with E-state index in [9.17, 15) is 0 Å². The zero-order chi connectivity index (χ0) is 13.8. The van der Waals surface area contributed by atoms with Crippen LogP contribution in [0.25, 0.3) is 0 Å². The SMILES string of the molecule is CCCn1cc(C(NN)c2ccc(Br)c(Cl)c2)cn1. The van der Waals surface area contributed by atoms with Gasteiger partial charge in [-0.15, -0.1) is 0 Å². The average Bonchev–Trinajstić information content (AvgIpc) is 2.83. The van der Waals surface area contributed by atoms with Gasteiger partial charge in [0.15, 0.2) is 0 Å². The van der Waals surface area contributed by atoms with E-state index in [4.69, 9.17) is 17.4 Å². The van der Waals surface area contributed by atoms with Gasteiger partial charge in [0, 0.05) is 22.8 Å². The van der Waals surface area contributed by atoms with Gasteiger partial charge in [-0.2, -0.15) is 5.10 Å². The molecule has 6 heteroatoms. The van der Waals surface area contributed by atoms with E-state index in [-0.39, 0.29) is 6.04 Å². The number of aromatic nitrogens is 2. The van der Waals surface area contributed by atoms with E-state index in [2.05, 4.69) is 33.4 Å². The van der Waals surface area contributed by atoms with Crippen LogP contribution in [0.1, 0.15) is 30.5 Å². The summed E-state index contributed by atoms with van der Waals surface area (Å²) < 4.78 is 2.79. The van der Waals surface area contributed by atoms with Crippen LogP contribution in [0.4, 0.5) is 0 Å². The quantitative estimate of drug-likeness (QED) is 0.647. The van der Waals surface area contributed by atoms with E-state index in [0.717, 1.165) is 28.6 Å². The molecule has 3 N–H and O–H groups in total. The fourth-order valence-corrected chi connectivity index (χ4v) is 2.39. The maximum Gasteiger partial charge on any atom is 0.0741 e. The second kappa shape index (κ2) is 6.52. The molecule has 19 heavy (non-hydrogen) atoms. The number of hydrogen-bond acceptors (Lipinski definition) is 3. The Morgan fingerprint density at radius 1 is 1.47 bits per heavy atom. The third-order valence-corrected chi connectivity index (χ3v) is 4.12. The van der Waals surface area contributed by atoms with Gasteiger partial charge in [-0.05, 0) is 40.0 Å². The highest BCUT2D eigenvalue weighted by atomic mass is 79.9. The number of hydrazine groups is 1. The summed E-state index contributed by atoms with van der Waals surface area (Å²) in [7, 11) is 0. The van der Waals surface area contributed by atoms with Crippen LogP contribution in [0.15, 0.2) is 35.1 Å². The lowest BCUT2D eigenvalue weighted by molar-refractivity contribution is 0.598. The number of aryl methyl sites for hydroxylation is 1. The van der Waals surface area contributed by atoms with Crippen LogP contribution >= 0.6 is 27.5 Å². The molecule has 0 saturated carbocycles. The van der Waals surface area contributed by atoms with Crippen molar-refractivity contribution in [2.75, 3.05) is 0 Å². The smallest absolute Gasteiger partial charge is 0.0741 e. The van der Waals surface area contributed by atoms with Crippen LogP contribution in [0.2, 0.25) is 5.02 Å². The number of benzene rings is 1. The van der Waals surface area contributed by atoms with E-state index in [1.165, 1.54) is 0 Å². The van der Waals surface area contributed by atoms with Crippen molar-refractivity contribution in [1.29, 1.82) is 0 Å². The highest BCUT2D eigenvalue weighted by molar-refractivity contribution is 9.10. The molecular formula is C13H16BrClN4. The highest BCUT2D eigenvalue weighted by Gasteiger charge is 2.15. The van der Waals surface area contributed by atoms with Crippen molar-refractivity contribution >= 4 is 27.5 Å².